The molecule has 2 heterocycles. The van der Waals surface area contributed by atoms with E-state index in [9.17, 15) is 9.59 Å². The Labute approximate surface area is 129 Å². The number of amides is 1. The number of carboxylic acids is 1. The lowest BCUT2D eigenvalue weighted by molar-refractivity contribution is -0.141. The number of likely N-dealkylation sites (N-methyl/N-ethyl adjacent to an activating group) is 1. The monoisotopic (exact) mass is 310 g/mol. The zero-order chi connectivity index (χ0) is 16.3. The molecule has 22 heavy (non-hydrogen) atoms. The van der Waals surface area contributed by atoms with Crippen LogP contribution >= 0.6 is 0 Å². The number of aliphatic carboxylic acids is 1. The first-order valence-electron chi connectivity index (χ1n) is 7.36. The van der Waals surface area contributed by atoms with E-state index < -0.39 is 12.0 Å². The van der Waals surface area contributed by atoms with Gasteiger partial charge in [0.25, 0.3) is 5.91 Å². The number of hydrogen-bond acceptors (Lipinski definition) is 5. The van der Waals surface area contributed by atoms with Gasteiger partial charge in [0.05, 0.1) is 6.61 Å². The van der Waals surface area contributed by atoms with E-state index in [4.69, 9.17) is 14.6 Å². The quantitative estimate of drug-likeness (QED) is 0.803. The number of aliphatic hydroxyl groups is 1. The molecule has 1 atom stereocenters. The Bertz CT molecular complexity index is 554. The smallest absolute Gasteiger partial charge is 0.326 e. The summed E-state index contributed by atoms with van der Waals surface area (Å²) in [5.74, 6) is -0.529. The van der Waals surface area contributed by atoms with Crippen LogP contribution in [0.5, 0.6) is 0 Å². The molecule has 0 radical (unpaired) electrons. The van der Waals surface area contributed by atoms with Crippen molar-refractivity contribution in [1.29, 1.82) is 0 Å². The minimum Gasteiger partial charge on any atom is -0.480 e. The summed E-state index contributed by atoms with van der Waals surface area (Å²) in [6, 6.07) is 0.904. The summed E-state index contributed by atoms with van der Waals surface area (Å²) in [6.45, 7) is 3.37. The zero-order valence-electron chi connectivity index (χ0n) is 12.9. The highest BCUT2D eigenvalue weighted by atomic mass is 16.4. The second kappa shape index (κ2) is 6.93. The number of nitrogens with zero attached hydrogens (tertiary/aromatic N) is 2. The molecule has 1 fully saturated rings. The number of hydrogen-bond donors (Lipinski definition) is 2. The molecule has 1 aromatic heterocycles. The van der Waals surface area contributed by atoms with Crippen LogP contribution in [0.3, 0.4) is 0 Å². The van der Waals surface area contributed by atoms with E-state index in [1.54, 1.807) is 13.0 Å². The Morgan fingerprint density at radius 2 is 2.23 bits per heavy atom. The van der Waals surface area contributed by atoms with Gasteiger partial charge in [0, 0.05) is 25.2 Å². The van der Waals surface area contributed by atoms with Crippen LogP contribution in [-0.4, -0.2) is 64.7 Å². The van der Waals surface area contributed by atoms with Crippen molar-refractivity contribution in [2.45, 2.75) is 32.4 Å². The molecule has 2 N–H and O–H groups in total. The fourth-order valence-electron chi connectivity index (χ4n) is 2.73. The van der Waals surface area contributed by atoms with E-state index in [1.807, 2.05) is 11.9 Å². The van der Waals surface area contributed by atoms with Gasteiger partial charge in [0.15, 0.2) is 5.76 Å². The minimum absolute atomic E-state index is 0.0628. The third kappa shape index (κ3) is 3.48. The van der Waals surface area contributed by atoms with Gasteiger partial charge < -0.3 is 19.5 Å². The van der Waals surface area contributed by atoms with E-state index >= 15 is 0 Å². The molecule has 1 saturated heterocycles. The lowest BCUT2D eigenvalue weighted by atomic mass is 10.2. The molecule has 7 nitrogen and oxygen atoms in total. The van der Waals surface area contributed by atoms with Gasteiger partial charge in [-0.25, -0.2) is 4.79 Å². The summed E-state index contributed by atoms with van der Waals surface area (Å²) in [6.07, 6.45) is 1.17. The summed E-state index contributed by atoms with van der Waals surface area (Å²) < 4.78 is 5.52. The maximum Gasteiger partial charge on any atom is 0.326 e. The topological polar surface area (TPSA) is 94.2 Å². The molecule has 0 aliphatic carbocycles. The van der Waals surface area contributed by atoms with E-state index in [0.717, 1.165) is 5.56 Å². The summed E-state index contributed by atoms with van der Waals surface area (Å²) in [5, 5.41) is 18.1. The normalized spacial score (nSPS) is 18.2. The summed E-state index contributed by atoms with van der Waals surface area (Å²) in [4.78, 5) is 26.9. The Balaban J connectivity index is 2.12. The second-order valence-electron chi connectivity index (χ2n) is 5.65. The molecule has 122 valence electrons. The molecule has 1 aliphatic heterocycles. The fourth-order valence-corrected chi connectivity index (χ4v) is 2.73. The van der Waals surface area contributed by atoms with Crippen molar-refractivity contribution >= 4 is 11.9 Å². The van der Waals surface area contributed by atoms with Crippen LogP contribution in [0.15, 0.2) is 10.5 Å². The van der Waals surface area contributed by atoms with Gasteiger partial charge >= 0.3 is 5.97 Å². The molecule has 2 rings (SSSR count). The molecule has 1 aromatic rings. The molecular formula is C15H22N2O5. The van der Waals surface area contributed by atoms with Crippen LogP contribution in [0, 0.1) is 6.92 Å². The Hall–Kier alpha value is -1.86. The zero-order valence-corrected chi connectivity index (χ0v) is 12.9. The third-order valence-corrected chi connectivity index (χ3v) is 3.95. The first-order chi connectivity index (χ1) is 10.4. The van der Waals surface area contributed by atoms with Crippen LogP contribution in [0.2, 0.25) is 0 Å². The van der Waals surface area contributed by atoms with Gasteiger partial charge in [0.1, 0.15) is 11.8 Å². The second-order valence-corrected chi connectivity index (χ2v) is 5.65. The van der Waals surface area contributed by atoms with E-state index in [2.05, 4.69) is 0 Å². The first-order valence-corrected chi connectivity index (χ1v) is 7.36. The van der Waals surface area contributed by atoms with Gasteiger partial charge in [-0.15, -0.1) is 0 Å². The van der Waals surface area contributed by atoms with Crippen molar-refractivity contribution in [1.82, 2.24) is 9.80 Å². The number of carbonyl (C=O) groups excluding carboxylic acids is 1. The highest BCUT2D eigenvalue weighted by Gasteiger charge is 2.35. The average Bonchev–Trinajstić information content (AvgIpc) is 3.06. The number of furan rings is 1. The number of likely N-dealkylation sites (tertiary alicyclic amines) is 1. The van der Waals surface area contributed by atoms with Crippen LogP contribution in [0.1, 0.15) is 34.7 Å². The third-order valence-electron chi connectivity index (χ3n) is 3.95. The number of aryl methyl sites for hydroxylation is 1. The van der Waals surface area contributed by atoms with Gasteiger partial charge in [-0.05, 0) is 32.9 Å². The number of carbonyl (C=O) groups is 2. The average molecular weight is 310 g/mol. The van der Waals surface area contributed by atoms with Gasteiger partial charge in [-0.1, -0.05) is 0 Å². The van der Waals surface area contributed by atoms with E-state index in [0.29, 0.717) is 38.2 Å². The summed E-state index contributed by atoms with van der Waals surface area (Å²) >= 11 is 0. The molecular weight excluding hydrogens is 288 g/mol. The standard InChI is InChI=1S/C15H22N2O5/c1-10-11(9-16(2)6-7-18)8-13(22-10)14(19)17-5-3-4-12(17)15(20)21/h8,12,18H,3-7,9H2,1-2H3,(H,20,21). The van der Waals surface area contributed by atoms with Gasteiger partial charge in [-0.3, -0.25) is 9.69 Å². The molecule has 1 unspecified atom stereocenters. The lowest BCUT2D eigenvalue weighted by Crippen LogP contribution is -2.40. The van der Waals surface area contributed by atoms with Gasteiger partial charge in [0.2, 0.25) is 0 Å². The molecule has 0 spiro atoms. The summed E-state index contributed by atoms with van der Waals surface area (Å²) in [5.41, 5.74) is 0.866. The highest BCUT2D eigenvalue weighted by Crippen LogP contribution is 2.23. The van der Waals surface area contributed by atoms with Crippen molar-refractivity contribution < 1.29 is 24.2 Å². The molecule has 7 heteroatoms. The van der Waals surface area contributed by atoms with Crippen LogP contribution in [-0.2, 0) is 11.3 Å². The molecule has 0 aromatic carbocycles. The largest absolute Gasteiger partial charge is 0.480 e. The predicted octanol–water partition coefficient (Wildman–Crippen LogP) is 0.701. The molecule has 1 aliphatic rings. The lowest BCUT2D eigenvalue weighted by Gasteiger charge is -2.19. The number of carboxylic acid groups (broad SMARTS) is 1. The maximum absolute atomic E-state index is 12.5. The number of aliphatic hydroxyl groups excluding tert-OH is 1. The Morgan fingerprint density at radius 1 is 1.50 bits per heavy atom. The molecule has 0 saturated carbocycles. The summed E-state index contributed by atoms with van der Waals surface area (Å²) in [7, 11) is 1.87. The van der Waals surface area contributed by atoms with Crippen molar-refractivity contribution in [3.8, 4) is 0 Å². The fraction of sp³-hybridized carbons (Fsp3) is 0.600. The van der Waals surface area contributed by atoms with Crippen LogP contribution < -0.4 is 0 Å². The molecule has 1 amide bonds. The first kappa shape index (κ1) is 16.5. The van der Waals surface area contributed by atoms with Crippen molar-refractivity contribution in [2.75, 3.05) is 26.7 Å². The minimum atomic E-state index is -0.975. The SMILES string of the molecule is Cc1oc(C(=O)N2CCCC2C(=O)O)cc1CN(C)CCO. The van der Waals surface area contributed by atoms with Crippen LogP contribution in [0.4, 0.5) is 0 Å². The van der Waals surface area contributed by atoms with Crippen molar-refractivity contribution in [3.05, 3.63) is 23.2 Å². The Morgan fingerprint density at radius 3 is 2.86 bits per heavy atom. The Kier molecular flexibility index (Phi) is 5.20. The number of rotatable bonds is 6. The van der Waals surface area contributed by atoms with E-state index in [1.165, 1.54) is 4.90 Å². The maximum atomic E-state index is 12.5. The van der Waals surface area contributed by atoms with Gasteiger partial charge in [-0.2, -0.15) is 0 Å². The van der Waals surface area contributed by atoms with Crippen molar-refractivity contribution in [3.63, 3.8) is 0 Å². The van der Waals surface area contributed by atoms with Crippen molar-refractivity contribution in [2.24, 2.45) is 0 Å². The predicted molar refractivity (Wildman–Crippen MR) is 78.6 cm³/mol. The highest BCUT2D eigenvalue weighted by molar-refractivity contribution is 5.95. The van der Waals surface area contributed by atoms with E-state index in [-0.39, 0.29) is 18.3 Å². The van der Waals surface area contributed by atoms with Crippen LogP contribution in [0.25, 0.3) is 0 Å². The molecule has 0 bridgehead atoms.